The van der Waals surface area contributed by atoms with Gasteiger partial charge in [0.1, 0.15) is 11.5 Å². The second-order valence-electron chi connectivity index (χ2n) is 4.26. The van der Waals surface area contributed by atoms with E-state index in [1.165, 1.54) is 21.9 Å². The van der Waals surface area contributed by atoms with Crippen molar-refractivity contribution in [3.8, 4) is 22.6 Å². The van der Waals surface area contributed by atoms with Crippen LogP contribution in [0.2, 0.25) is 0 Å². The van der Waals surface area contributed by atoms with Crippen LogP contribution in [0.5, 0.6) is 11.5 Å². The van der Waals surface area contributed by atoms with Crippen molar-refractivity contribution in [1.29, 1.82) is 0 Å². The van der Waals surface area contributed by atoms with Crippen molar-refractivity contribution < 1.29 is 4.74 Å². The van der Waals surface area contributed by atoms with E-state index < -0.39 is 0 Å². The van der Waals surface area contributed by atoms with Gasteiger partial charge in [0.05, 0.1) is 0 Å². The molecule has 0 amide bonds. The van der Waals surface area contributed by atoms with E-state index in [1.54, 1.807) is 0 Å². The Morgan fingerprint density at radius 3 is 2.24 bits per heavy atom. The zero-order valence-corrected chi connectivity index (χ0v) is 9.18. The molecule has 17 heavy (non-hydrogen) atoms. The Labute approximate surface area is 99.3 Å². The summed E-state index contributed by atoms with van der Waals surface area (Å²) in [6.07, 6.45) is 0. The lowest BCUT2D eigenvalue weighted by atomic mass is 9.95. The number of fused-ring (bicyclic) bond motifs is 2. The maximum absolute atomic E-state index is 5.95. The minimum absolute atomic E-state index is 0.943. The van der Waals surface area contributed by atoms with E-state index in [0.717, 1.165) is 11.5 Å². The molecule has 1 heterocycles. The van der Waals surface area contributed by atoms with Crippen LogP contribution in [0.3, 0.4) is 0 Å². The largest absolute Gasteiger partial charge is 0.456 e. The van der Waals surface area contributed by atoms with Gasteiger partial charge in [-0.15, -0.1) is 0 Å². The summed E-state index contributed by atoms with van der Waals surface area (Å²) < 4.78 is 5.95. The summed E-state index contributed by atoms with van der Waals surface area (Å²) in [6, 6.07) is 20.8. The van der Waals surface area contributed by atoms with Crippen LogP contribution in [0.4, 0.5) is 0 Å². The smallest absolute Gasteiger partial charge is 0.135 e. The van der Waals surface area contributed by atoms with Gasteiger partial charge >= 0.3 is 0 Å². The molecular weight excluding hydrogens is 208 g/mol. The molecule has 0 N–H and O–H groups in total. The number of hydrogen-bond donors (Lipinski definition) is 0. The molecule has 1 aliphatic heterocycles. The third-order valence-electron chi connectivity index (χ3n) is 3.26. The van der Waals surface area contributed by atoms with Crippen molar-refractivity contribution in [2.24, 2.45) is 0 Å². The molecule has 0 spiro atoms. The molecule has 0 atom stereocenters. The molecule has 0 fully saturated rings. The summed E-state index contributed by atoms with van der Waals surface area (Å²) in [6.45, 7) is 0. The summed E-state index contributed by atoms with van der Waals surface area (Å²) in [5.41, 5.74) is 2.44. The van der Waals surface area contributed by atoms with Crippen LogP contribution in [0.25, 0.3) is 21.9 Å². The van der Waals surface area contributed by atoms with Gasteiger partial charge < -0.3 is 4.74 Å². The average molecular weight is 218 g/mol. The van der Waals surface area contributed by atoms with Crippen molar-refractivity contribution >= 4 is 10.8 Å². The predicted molar refractivity (Wildman–Crippen MR) is 69.5 cm³/mol. The summed E-state index contributed by atoms with van der Waals surface area (Å²) in [7, 11) is 0. The van der Waals surface area contributed by atoms with Crippen molar-refractivity contribution in [3.63, 3.8) is 0 Å². The molecule has 0 unspecified atom stereocenters. The Balaban J connectivity index is 2.22. The van der Waals surface area contributed by atoms with E-state index in [9.17, 15) is 0 Å². The molecule has 0 radical (unpaired) electrons. The van der Waals surface area contributed by atoms with Crippen LogP contribution in [-0.4, -0.2) is 0 Å². The van der Waals surface area contributed by atoms with E-state index in [2.05, 4.69) is 36.4 Å². The topological polar surface area (TPSA) is 9.23 Å². The van der Waals surface area contributed by atoms with Crippen molar-refractivity contribution in [2.45, 2.75) is 0 Å². The van der Waals surface area contributed by atoms with Crippen LogP contribution in [-0.2, 0) is 0 Å². The molecule has 3 aromatic rings. The van der Waals surface area contributed by atoms with Gasteiger partial charge in [-0.2, -0.15) is 0 Å². The monoisotopic (exact) mass is 218 g/mol. The van der Waals surface area contributed by atoms with E-state index in [1.807, 2.05) is 24.3 Å². The van der Waals surface area contributed by atoms with Crippen LogP contribution < -0.4 is 4.74 Å². The van der Waals surface area contributed by atoms with Gasteiger partial charge in [0, 0.05) is 10.9 Å². The van der Waals surface area contributed by atoms with Gasteiger partial charge in [0.2, 0.25) is 0 Å². The van der Waals surface area contributed by atoms with Crippen molar-refractivity contribution in [2.75, 3.05) is 0 Å². The number of benzene rings is 3. The highest BCUT2D eigenvalue weighted by molar-refractivity contribution is 6.03. The van der Waals surface area contributed by atoms with Crippen LogP contribution >= 0.6 is 0 Å². The first kappa shape index (κ1) is 8.82. The molecule has 1 heteroatoms. The molecule has 4 rings (SSSR count). The fourth-order valence-corrected chi connectivity index (χ4v) is 2.51. The zero-order valence-electron chi connectivity index (χ0n) is 9.18. The summed E-state index contributed by atoms with van der Waals surface area (Å²) >= 11 is 0. The molecule has 1 nitrogen and oxygen atoms in total. The lowest BCUT2D eigenvalue weighted by Gasteiger charge is -2.20. The molecule has 0 aliphatic carbocycles. The Morgan fingerprint density at radius 1 is 0.588 bits per heavy atom. The highest BCUT2D eigenvalue weighted by Gasteiger charge is 2.18. The van der Waals surface area contributed by atoms with E-state index >= 15 is 0 Å². The Morgan fingerprint density at radius 2 is 1.29 bits per heavy atom. The van der Waals surface area contributed by atoms with Gasteiger partial charge in [-0.05, 0) is 23.1 Å². The normalized spacial score (nSPS) is 12.0. The molecule has 3 aromatic carbocycles. The quantitative estimate of drug-likeness (QED) is 0.418. The second-order valence-corrected chi connectivity index (χ2v) is 4.26. The van der Waals surface area contributed by atoms with E-state index in [0.29, 0.717) is 0 Å². The van der Waals surface area contributed by atoms with Gasteiger partial charge in [0.25, 0.3) is 0 Å². The highest BCUT2D eigenvalue weighted by atomic mass is 16.5. The molecule has 1 aliphatic rings. The molecule has 0 saturated heterocycles. The maximum Gasteiger partial charge on any atom is 0.135 e. The lowest BCUT2D eigenvalue weighted by molar-refractivity contribution is 0.487. The predicted octanol–water partition coefficient (Wildman–Crippen LogP) is 4.61. The lowest BCUT2D eigenvalue weighted by Crippen LogP contribution is -1.96. The summed E-state index contributed by atoms with van der Waals surface area (Å²) in [4.78, 5) is 0. The fourth-order valence-electron chi connectivity index (χ4n) is 2.51. The first-order chi connectivity index (χ1) is 8.43. The highest BCUT2D eigenvalue weighted by Crippen LogP contribution is 2.45. The second kappa shape index (κ2) is 3.11. The van der Waals surface area contributed by atoms with E-state index in [4.69, 9.17) is 4.74 Å². The SMILES string of the molecule is c1ccc2c(c1)Oc1cccc3cccc-2c13. The summed E-state index contributed by atoms with van der Waals surface area (Å²) in [5.74, 6) is 1.90. The average Bonchev–Trinajstić information content (AvgIpc) is 2.39. The third kappa shape index (κ3) is 1.14. The van der Waals surface area contributed by atoms with Crippen molar-refractivity contribution in [1.82, 2.24) is 0 Å². The number of hydrogen-bond acceptors (Lipinski definition) is 1. The Hall–Kier alpha value is -2.28. The molecular formula is C16H10O. The first-order valence-corrected chi connectivity index (χ1v) is 5.72. The van der Waals surface area contributed by atoms with Crippen molar-refractivity contribution in [3.05, 3.63) is 60.7 Å². The minimum Gasteiger partial charge on any atom is -0.456 e. The van der Waals surface area contributed by atoms with Gasteiger partial charge in [0.15, 0.2) is 0 Å². The number of para-hydroxylation sites is 1. The Kier molecular flexibility index (Phi) is 1.61. The molecule has 0 aromatic heterocycles. The zero-order chi connectivity index (χ0) is 11.2. The van der Waals surface area contributed by atoms with Crippen LogP contribution in [0, 0.1) is 0 Å². The maximum atomic E-state index is 5.95. The Bertz CT molecular complexity index is 723. The first-order valence-electron chi connectivity index (χ1n) is 5.72. The van der Waals surface area contributed by atoms with Gasteiger partial charge in [-0.3, -0.25) is 0 Å². The summed E-state index contributed by atoms with van der Waals surface area (Å²) in [5, 5.41) is 2.45. The molecule has 0 bridgehead atoms. The standard InChI is InChI=1S/C16H10O/c1-2-9-14-12(7-1)13-8-3-5-11-6-4-10-15(17-14)16(11)13/h1-10H. The number of ether oxygens (including phenoxy) is 1. The van der Waals surface area contributed by atoms with Gasteiger partial charge in [-0.25, -0.2) is 0 Å². The van der Waals surface area contributed by atoms with E-state index in [-0.39, 0.29) is 0 Å². The van der Waals surface area contributed by atoms with Crippen LogP contribution in [0.1, 0.15) is 0 Å². The third-order valence-corrected chi connectivity index (χ3v) is 3.26. The van der Waals surface area contributed by atoms with Gasteiger partial charge in [-0.1, -0.05) is 48.5 Å². The molecule has 0 saturated carbocycles. The fraction of sp³-hybridized carbons (Fsp3) is 0. The van der Waals surface area contributed by atoms with Crippen LogP contribution in [0.15, 0.2) is 60.7 Å². The number of rotatable bonds is 0. The molecule has 80 valence electrons. The minimum atomic E-state index is 0.943.